The van der Waals surface area contributed by atoms with Crippen LogP contribution in [-0.4, -0.2) is 44.5 Å². The first-order valence-corrected chi connectivity index (χ1v) is 5.98. The van der Waals surface area contributed by atoms with E-state index in [4.69, 9.17) is 10.9 Å². The Balaban J connectivity index is 2.86. The number of amidine groups is 1. The Morgan fingerprint density at radius 2 is 2.29 bits per heavy atom. The average molecular weight is 257 g/mol. The highest BCUT2D eigenvalue weighted by Gasteiger charge is 2.21. The second kappa shape index (κ2) is 6.14. The molecule has 17 heavy (non-hydrogen) atoms. The molecule has 0 aromatic carbocycles. The zero-order valence-electron chi connectivity index (χ0n) is 9.75. The number of carbonyl (C=O) groups excluding carboxylic acids is 1. The molecule has 94 valence electrons. The number of likely N-dealkylation sites (N-methyl/N-ethyl adjacent to an activating group) is 1. The minimum absolute atomic E-state index is 0.00396. The monoisotopic (exact) mass is 257 g/mol. The Kier molecular flexibility index (Phi) is 4.83. The second-order valence-electron chi connectivity index (χ2n) is 3.31. The molecule has 0 bridgehead atoms. The molecule has 0 unspecified atom stereocenters. The van der Waals surface area contributed by atoms with Crippen LogP contribution in [-0.2, 0) is 6.42 Å². The number of aryl methyl sites for hydroxylation is 1. The smallest absolute Gasteiger partial charge is 0.267 e. The van der Waals surface area contributed by atoms with Gasteiger partial charge < -0.3 is 15.8 Å². The first-order valence-electron chi connectivity index (χ1n) is 5.20. The van der Waals surface area contributed by atoms with E-state index in [1.807, 2.05) is 13.8 Å². The van der Waals surface area contributed by atoms with Crippen LogP contribution in [0.4, 0.5) is 0 Å². The summed E-state index contributed by atoms with van der Waals surface area (Å²) in [5.41, 5.74) is 6.07. The summed E-state index contributed by atoms with van der Waals surface area (Å²) in [5.74, 6) is -0.193. The van der Waals surface area contributed by atoms with E-state index >= 15 is 0 Å². The van der Waals surface area contributed by atoms with E-state index in [-0.39, 0.29) is 18.3 Å². The maximum Gasteiger partial charge on any atom is 0.267 e. The molecule has 0 radical (unpaired) electrons. The van der Waals surface area contributed by atoms with Crippen molar-refractivity contribution in [1.82, 2.24) is 14.5 Å². The van der Waals surface area contributed by atoms with Crippen molar-refractivity contribution in [2.75, 3.05) is 13.1 Å². The van der Waals surface area contributed by atoms with Gasteiger partial charge in [-0.05, 0) is 24.9 Å². The summed E-state index contributed by atoms with van der Waals surface area (Å²) in [6.07, 6.45) is 0.651. The summed E-state index contributed by atoms with van der Waals surface area (Å²) >= 11 is 1.07. The van der Waals surface area contributed by atoms with Crippen molar-refractivity contribution in [2.45, 2.75) is 20.3 Å². The van der Waals surface area contributed by atoms with Crippen LogP contribution in [0.5, 0.6) is 0 Å². The summed E-state index contributed by atoms with van der Waals surface area (Å²) in [6, 6.07) is 0. The van der Waals surface area contributed by atoms with Gasteiger partial charge in [-0.2, -0.15) is 0 Å². The molecule has 1 rings (SSSR count). The molecule has 1 aromatic rings. The average Bonchev–Trinajstić information content (AvgIpc) is 2.82. The lowest BCUT2D eigenvalue weighted by atomic mass is 10.2. The first kappa shape index (κ1) is 13.4. The van der Waals surface area contributed by atoms with Crippen molar-refractivity contribution in [2.24, 2.45) is 10.9 Å². The first-order chi connectivity index (χ1) is 8.13. The third-order valence-corrected chi connectivity index (χ3v) is 2.99. The molecule has 0 aliphatic carbocycles. The van der Waals surface area contributed by atoms with E-state index in [0.29, 0.717) is 23.5 Å². The predicted octanol–water partition coefficient (Wildman–Crippen LogP) is 0.309. The van der Waals surface area contributed by atoms with Crippen molar-refractivity contribution >= 4 is 23.3 Å². The van der Waals surface area contributed by atoms with Crippen molar-refractivity contribution < 1.29 is 10.0 Å². The van der Waals surface area contributed by atoms with Gasteiger partial charge >= 0.3 is 0 Å². The fourth-order valence-electron chi connectivity index (χ4n) is 1.30. The number of aromatic nitrogens is 2. The third kappa shape index (κ3) is 3.13. The highest BCUT2D eigenvalue weighted by Crippen LogP contribution is 2.14. The largest absolute Gasteiger partial charge is 0.409 e. The number of hydrogen-bond acceptors (Lipinski definition) is 6. The summed E-state index contributed by atoms with van der Waals surface area (Å²) < 4.78 is 3.76. The molecule has 1 aromatic heterocycles. The van der Waals surface area contributed by atoms with E-state index in [2.05, 4.69) is 14.7 Å². The maximum absolute atomic E-state index is 12.1. The molecule has 0 saturated carbocycles. The number of oxime groups is 1. The van der Waals surface area contributed by atoms with Gasteiger partial charge in [-0.3, -0.25) is 4.79 Å². The van der Waals surface area contributed by atoms with Gasteiger partial charge in [-0.1, -0.05) is 16.6 Å². The van der Waals surface area contributed by atoms with Gasteiger partial charge in [0.25, 0.3) is 5.91 Å². The predicted molar refractivity (Wildman–Crippen MR) is 64.3 cm³/mol. The lowest BCUT2D eigenvalue weighted by Gasteiger charge is -2.19. The normalized spacial score (nSPS) is 11.5. The molecule has 0 aliphatic rings. The summed E-state index contributed by atoms with van der Waals surface area (Å²) in [7, 11) is 0. The molecule has 0 fully saturated rings. The van der Waals surface area contributed by atoms with Crippen LogP contribution < -0.4 is 5.73 Å². The van der Waals surface area contributed by atoms with Crippen molar-refractivity contribution in [3.8, 4) is 0 Å². The molecule has 1 heterocycles. The quantitative estimate of drug-likeness (QED) is 0.342. The van der Waals surface area contributed by atoms with Crippen LogP contribution in [0.1, 0.15) is 29.2 Å². The molecule has 0 aliphatic heterocycles. The maximum atomic E-state index is 12.1. The SMILES string of the molecule is CCc1nnsc1C(=O)N(CC)CC(N)=NO. The summed E-state index contributed by atoms with van der Waals surface area (Å²) in [4.78, 5) is 14.1. The minimum atomic E-state index is -0.189. The fourth-order valence-corrected chi connectivity index (χ4v) is 2.02. The number of hydrogen-bond donors (Lipinski definition) is 2. The number of nitrogens with zero attached hydrogens (tertiary/aromatic N) is 4. The van der Waals surface area contributed by atoms with Gasteiger partial charge in [0.05, 0.1) is 12.2 Å². The zero-order valence-corrected chi connectivity index (χ0v) is 10.6. The number of rotatable bonds is 5. The van der Waals surface area contributed by atoms with Crippen LogP contribution in [0.2, 0.25) is 0 Å². The Labute approximate surface area is 103 Å². The van der Waals surface area contributed by atoms with Crippen LogP contribution in [0.25, 0.3) is 0 Å². The fraction of sp³-hybridized carbons (Fsp3) is 0.556. The van der Waals surface area contributed by atoms with Gasteiger partial charge in [0.1, 0.15) is 4.88 Å². The lowest BCUT2D eigenvalue weighted by molar-refractivity contribution is 0.0789. The standard InChI is InChI=1S/C9H15N5O2S/c1-3-6-8(17-13-11-6)9(15)14(4-2)5-7(10)12-16/h16H,3-5H2,1-2H3,(H2,10,12). The van der Waals surface area contributed by atoms with Crippen LogP contribution in [0.3, 0.4) is 0 Å². The van der Waals surface area contributed by atoms with Crippen molar-refractivity contribution in [1.29, 1.82) is 0 Å². The second-order valence-corrected chi connectivity index (χ2v) is 4.07. The van der Waals surface area contributed by atoms with Crippen LogP contribution >= 0.6 is 11.5 Å². The van der Waals surface area contributed by atoms with E-state index in [1.54, 1.807) is 0 Å². The van der Waals surface area contributed by atoms with Gasteiger partial charge in [0, 0.05) is 6.54 Å². The van der Waals surface area contributed by atoms with Gasteiger partial charge in [0.15, 0.2) is 5.84 Å². The summed E-state index contributed by atoms with van der Waals surface area (Å²) in [5, 5.41) is 15.2. The van der Waals surface area contributed by atoms with Crippen molar-refractivity contribution in [3.05, 3.63) is 10.6 Å². The molecule has 0 saturated heterocycles. The molecule has 1 amide bonds. The summed E-state index contributed by atoms with van der Waals surface area (Å²) in [6.45, 7) is 4.29. The third-order valence-electron chi connectivity index (χ3n) is 2.24. The molecule has 0 atom stereocenters. The molecular weight excluding hydrogens is 242 g/mol. The van der Waals surface area contributed by atoms with Gasteiger partial charge in [-0.25, -0.2) is 0 Å². The molecule has 3 N–H and O–H groups in total. The van der Waals surface area contributed by atoms with Crippen LogP contribution in [0, 0.1) is 0 Å². The molecule has 8 heteroatoms. The molecule has 0 spiro atoms. The highest BCUT2D eigenvalue weighted by atomic mass is 32.1. The molecular formula is C9H15N5O2S. The molecule has 7 nitrogen and oxygen atoms in total. The topological polar surface area (TPSA) is 105 Å². The Morgan fingerprint density at radius 3 is 2.82 bits per heavy atom. The van der Waals surface area contributed by atoms with Crippen molar-refractivity contribution in [3.63, 3.8) is 0 Å². The zero-order chi connectivity index (χ0) is 12.8. The Morgan fingerprint density at radius 1 is 1.59 bits per heavy atom. The lowest BCUT2D eigenvalue weighted by Crippen LogP contribution is -2.38. The Hall–Kier alpha value is -1.70. The van der Waals surface area contributed by atoms with E-state index in [1.165, 1.54) is 4.90 Å². The van der Waals surface area contributed by atoms with Crippen LogP contribution in [0.15, 0.2) is 5.16 Å². The number of carbonyl (C=O) groups is 1. The van der Waals surface area contributed by atoms with E-state index < -0.39 is 0 Å². The highest BCUT2D eigenvalue weighted by molar-refractivity contribution is 7.08. The van der Waals surface area contributed by atoms with E-state index in [0.717, 1.165) is 11.5 Å². The number of amides is 1. The Bertz CT molecular complexity index is 417. The number of nitrogens with two attached hydrogens (primary N) is 1. The minimum Gasteiger partial charge on any atom is -0.409 e. The van der Waals surface area contributed by atoms with Gasteiger partial charge in [0.2, 0.25) is 0 Å². The van der Waals surface area contributed by atoms with E-state index in [9.17, 15) is 4.79 Å². The van der Waals surface area contributed by atoms with Gasteiger partial charge in [-0.15, -0.1) is 5.10 Å².